The van der Waals surface area contributed by atoms with Crippen molar-refractivity contribution in [2.24, 2.45) is 0 Å². The van der Waals surface area contributed by atoms with Crippen molar-refractivity contribution in [1.29, 1.82) is 0 Å². The molecule has 0 spiro atoms. The van der Waals surface area contributed by atoms with E-state index in [-0.39, 0.29) is 6.29 Å². The van der Waals surface area contributed by atoms with Gasteiger partial charge in [0.2, 0.25) is 0 Å². The quantitative estimate of drug-likeness (QED) is 0.819. The van der Waals surface area contributed by atoms with E-state index in [9.17, 15) is 0 Å². The molecule has 0 heterocycles. The number of hydrogen-bond acceptors (Lipinski definition) is 3. The average molecular weight is 314 g/mol. The number of hydrogen-bond donors (Lipinski definition) is 1. The molecule has 100 valence electrons. The molecule has 0 atom stereocenters. The van der Waals surface area contributed by atoms with Crippen LogP contribution < -0.4 is 5.32 Å². The third-order valence-electron chi connectivity index (χ3n) is 3.56. The summed E-state index contributed by atoms with van der Waals surface area (Å²) in [4.78, 5) is 0. The molecule has 0 radical (unpaired) electrons. The molecule has 1 N–H and O–H groups in total. The predicted molar refractivity (Wildman–Crippen MR) is 75.7 cm³/mol. The standard InChI is InChI=1S/C14H20BrNO2/c1-17-14(18-2)9-16-13-7-11(8-13)10-4-3-5-12(15)6-10/h3-6,11,13-14,16H,7-9H2,1-2H3. The lowest BCUT2D eigenvalue weighted by Gasteiger charge is -2.37. The Labute approximate surface area is 117 Å². The Balaban J connectivity index is 1.74. The highest BCUT2D eigenvalue weighted by molar-refractivity contribution is 9.10. The summed E-state index contributed by atoms with van der Waals surface area (Å²) in [5.74, 6) is 0.684. The Hall–Kier alpha value is -0.420. The minimum atomic E-state index is -0.144. The first kappa shape index (κ1) is 14.0. The van der Waals surface area contributed by atoms with E-state index in [1.54, 1.807) is 14.2 Å². The highest BCUT2D eigenvalue weighted by Gasteiger charge is 2.30. The van der Waals surface area contributed by atoms with Gasteiger partial charge in [-0.1, -0.05) is 28.1 Å². The van der Waals surface area contributed by atoms with Gasteiger partial charge in [0.15, 0.2) is 6.29 Å². The van der Waals surface area contributed by atoms with Crippen LogP contribution in [0, 0.1) is 0 Å². The van der Waals surface area contributed by atoms with Crippen molar-refractivity contribution < 1.29 is 9.47 Å². The maximum absolute atomic E-state index is 5.15. The second-order valence-corrected chi connectivity index (χ2v) is 5.65. The van der Waals surface area contributed by atoms with Crippen molar-refractivity contribution in [3.63, 3.8) is 0 Å². The van der Waals surface area contributed by atoms with Crippen molar-refractivity contribution in [2.45, 2.75) is 31.1 Å². The molecule has 1 aromatic carbocycles. The number of ether oxygens (including phenoxy) is 2. The lowest BCUT2D eigenvalue weighted by Crippen LogP contribution is -2.44. The minimum absolute atomic E-state index is 0.144. The Morgan fingerprint density at radius 3 is 2.67 bits per heavy atom. The van der Waals surface area contributed by atoms with E-state index in [2.05, 4.69) is 45.5 Å². The zero-order valence-corrected chi connectivity index (χ0v) is 12.4. The van der Waals surface area contributed by atoms with Gasteiger partial charge in [0.05, 0.1) is 0 Å². The Bertz CT molecular complexity index is 376. The zero-order valence-electron chi connectivity index (χ0n) is 10.9. The average Bonchev–Trinajstić information content (AvgIpc) is 2.32. The van der Waals surface area contributed by atoms with E-state index in [0.29, 0.717) is 12.0 Å². The van der Waals surface area contributed by atoms with Gasteiger partial charge in [-0.15, -0.1) is 0 Å². The van der Waals surface area contributed by atoms with Crippen LogP contribution in [0.15, 0.2) is 28.7 Å². The third kappa shape index (κ3) is 3.54. The lowest BCUT2D eigenvalue weighted by molar-refractivity contribution is -0.101. The first-order valence-corrected chi connectivity index (χ1v) is 7.06. The van der Waals surface area contributed by atoms with Crippen LogP contribution in [-0.4, -0.2) is 33.1 Å². The highest BCUT2D eigenvalue weighted by Crippen LogP contribution is 2.37. The van der Waals surface area contributed by atoms with E-state index in [1.807, 2.05) is 0 Å². The predicted octanol–water partition coefficient (Wildman–Crippen LogP) is 2.90. The largest absolute Gasteiger partial charge is 0.355 e. The van der Waals surface area contributed by atoms with Gasteiger partial charge < -0.3 is 14.8 Å². The minimum Gasteiger partial charge on any atom is -0.355 e. The Morgan fingerprint density at radius 2 is 2.06 bits per heavy atom. The number of methoxy groups -OCH3 is 2. The van der Waals surface area contributed by atoms with Gasteiger partial charge in [-0.3, -0.25) is 0 Å². The molecule has 3 nitrogen and oxygen atoms in total. The first-order chi connectivity index (χ1) is 8.72. The summed E-state index contributed by atoms with van der Waals surface area (Å²) in [6.07, 6.45) is 2.24. The fraction of sp³-hybridized carbons (Fsp3) is 0.571. The molecule has 2 rings (SSSR count). The van der Waals surface area contributed by atoms with Crippen molar-refractivity contribution in [1.82, 2.24) is 5.32 Å². The van der Waals surface area contributed by atoms with Crippen LogP contribution in [-0.2, 0) is 9.47 Å². The summed E-state index contributed by atoms with van der Waals surface area (Å²) in [5, 5.41) is 3.47. The van der Waals surface area contributed by atoms with E-state index in [4.69, 9.17) is 9.47 Å². The van der Waals surface area contributed by atoms with Gasteiger partial charge in [-0.05, 0) is 36.5 Å². The van der Waals surface area contributed by atoms with Crippen molar-refractivity contribution in [2.75, 3.05) is 20.8 Å². The van der Waals surface area contributed by atoms with E-state index < -0.39 is 0 Å². The summed E-state index contributed by atoms with van der Waals surface area (Å²) < 4.78 is 11.5. The normalized spacial score (nSPS) is 23.1. The molecule has 1 saturated carbocycles. The van der Waals surface area contributed by atoms with Gasteiger partial charge in [0.1, 0.15) is 0 Å². The van der Waals surface area contributed by atoms with Crippen LogP contribution in [0.4, 0.5) is 0 Å². The summed E-state index contributed by atoms with van der Waals surface area (Å²) in [6, 6.07) is 9.18. The van der Waals surface area contributed by atoms with Gasteiger partial charge in [0.25, 0.3) is 0 Å². The summed E-state index contributed by atoms with van der Waals surface area (Å²) in [7, 11) is 3.34. The van der Waals surface area contributed by atoms with Gasteiger partial charge in [-0.25, -0.2) is 0 Å². The van der Waals surface area contributed by atoms with Crippen LogP contribution in [0.25, 0.3) is 0 Å². The van der Waals surface area contributed by atoms with E-state index in [1.165, 1.54) is 18.4 Å². The topological polar surface area (TPSA) is 30.5 Å². The lowest BCUT2D eigenvalue weighted by atomic mass is 9.76. The SMILES string of the molecule is COC(CNC1CC(c2cccc(Br)c2)C1)OC. The molecule has 1 aliphatic carbocycles. The number of nitrogens with one attached hydrogen (secondary N) is 1. The number of benzene rings is 1. The Morgan fingerprint density at radius 1 is 1.33 bits per heavy atom. The van der Waals surface area contributed by atoms with Crippen LogP contribution in [0.3, 0.4) is 0 Å². The molecular formula is C14H20BrNO2. The van der Waals surface area contributed by atoms with E-state index in [0.717, 1.165) is 11.0 Å². The highest BCUT2D eigenvalue weighted by atomic mass is 79.9. The maximum atomic E-state index is 5.15. The van der Waals surface area contributed by atoms with Crippen LogP contribution >= 0.6 is 15.9 Å². The zero-order chi connectivity index (χ0) is 13.0. The monoisotopic (exact) mass is 313 g/mol. The molecule has 4 heteroatoms. The third-order valence-corrected chi connectivity index (χ3v) is 4.05. The summed E-state index contributed by atoms with van der Waals surface area (Å²) in [6.45, 7) is 0.753. The van der Waals surface area contributed by atoms with E-state index >= 15 is 0 Å². The fourth-order valence-corrected chi connectivity index (χ4v) is 2.76. The summed E-state index contributed by atoms with van der Waals surface area (Å²) >= 11 is 3.52. The molecule has 0 aromatic heterocycles. The molecule has 1 fully saturated rings. The molecule has 0 aliphatic heterocycles. The molecule has 0 bridgehead atoms. The van der Waals surface area contributed by atoms with Crippen LogP contribution in [0.1, 0.15) is 24.3 Å². The molecule has 0 unspecified atom stereocenters. The maximum Gasteiger partial charge on any atom is 0.169 e. The van der Waals surface area contributed by atoms with Gasteiger partial charge in [0, 0.05) is 31.3 Å². The molecule has 1 aromatic rings. The molecule has 18 heavy (non-hydrogen) atoms. The second kappa shape index (κ2) is 6.66. The number of rotatable bonds is 6. The van der Waals surface area contributed by atoms with Crippen molar-refractivity contribution in [3.05, 3.63) is 34.3 Å². The van der Waals surface area contributed by atoms with Crippen molar-refractivity contribution >= 4 is 15.9 Å². The Kier molecular flexibility index (Phi) is 5.18. The molecule has 0 saturated heterocycles. The molecular weight excluding hydrogens is 294 g/mol. The van der Waals surface area contributed by atoms with Gasteiger partial charge in [-0.2, -0.15) is 0 Å². The smallest absolute Gasteiger partial charge is 0.169 e. The molecule has 1 aliphatic rings. The van der Waals surface area contributed by atoms with Crippen molar-refractivity contribution in [3.8, 4) is 0 Å². The van der Waals surface area contributed by atoms with Crippen LogP contribution in [0.2, 0.25) is 0 Å². The first-order valence-electron chi connectivity index (χ1n) is 6.27. The van der Waals surface area contributed by atoms with Crippen LogP contribution in [0.5, 0.6) is 0 Å². The fourth-order valence-electron chi connectivity index (χ4n) is 2.34. The van der Waals surface area contributed by atoms with Gasteiger partial charge >= 0.3 is 0 Å². The second-order valence-electron chi connectivity index (χ2n) is 4.73. The molecule has 0 amide bonds. The number of halogens is 1. The summed E-state index contributed by atoms with van der Waals surface area (Å²) in [5.41, 5.74) is 1.43.